The largest absolute Gasteiger partial charge is 0.418 e. The van der Waals surface area contributed by atoms with Crippen LogP contribution in [0.2, 0.25) is 0 Å². The summed E-state index contributed by atoms with van der Waals surface area (Å²) in [6, 6.07) is 13.7. The van der Waals surface area contributed by atoms with E-state index >= 15 is 0 Å². The molecule has 0 aliphatic carbocycles. The smallest absolute Gasteiger partial charge is 0.324 e. The minimum atomic E-state index is -4.57. The summed E-state index contributed by atoms with van der Waals surface area (Å²) in [5, 5.41) is 10.4. The first kappa shape index (κ1) is 20.3. The Morgan fingerprint density at radius 1 is 1.13 bits per heavy atom. The zero-order valence-electron chi connectivity index (χ0n) is 15.8. The van der Waals surface area contributed by atoms with Crippen molar-refractivity contribution in [3.05, 3.63) is 71.5 Å². The third kappa shape index (κ3) is 3.87. The number of benzene rings is 2. The maximum absolute atomic E-state index is 13.3. The van der Waals surface area contributed by atoms with Crippen molar-refractivity contribution in [2.24, 2.45) is 0 Å². The van der Waals surface area contributed by atoms with E-state index in [0.29, 0.717) is 17.4 Å². The van der Waals surface area contributed by atoms with Crippen molar-refractivity contribution in [1.29, 1.82) is 0 Å². The van der Waals surface area contributed by atoms with E-state index in [-0.39, 0.29) is 5.69 Å². The van der Waals surface area contributed by atoms with Crippen LogP contribution in [0.15, 0.2) is 59.8 Å². The second-order valence-electron chi connectivity index (χ2n) is 6.68. The number of hydrogen-bond donors (Lipinski definition) is 2. The van der Waals surface area contributed by atoms with E-state index in [0.717, 1.165) is 11.6 Å². The third-order valence-electron chi connectivity index (χ3n) is 4.73. The molecule has 2 N–H and O–H groups in total. The molecule has 30 heavy (non-hydrogen) atoms. The number of fused-ring (bicyclic) bond motifs is 1. The van der Waals surface area contributed by atoms with E-state index in [1.54, 1.807) is 4.68 Å². The number of anilines is 1. The Kier molecular flexibility index (Phi) is 5.42. The van der Waals surface area contributed by atoms with Gasteiger partial charge in [0.15, 0.2) is 5.82 Å². The van der Waals surface area contributed by atoms with Gasteiger partial charge in [-0.2, -0.15) is 13.2 Å². The average Bonchev–Trinajstić information content (AvgIpc) is 3.15. The van der Waals surface area contributed by atoms with E-state index in [4.69, 9.17) is 0 Å². The van der Waals surface area contributed by atoms with Crippen molar-refractivity contribution in [1.82, 2.24) is 14.9 Å². The van der Waals surface area contributed by atoms with Crippen molar-refractivity contribution in [2.45, 2.75) is 36.0 Å². The van der Waals surface area contributed by atoms with Gasteiger partial charge in [0.25, 0.3) is 0 Å². The second kappa shape index (κ2) is 8.02. The van der Waals surface area contributed by atoms with E-state index < -0.39 is 28.9 Å². The molecule has 3 aromatic rings. The number of carbonyl (C=O) groups excluding carboxylic acids is 1. The molecular formula is C20H18F3N5OS. The van der Waals surface area contributed by atoms with Gasteiger partial charge in [-0.3, -0.25) is 4.79 Å². The number of carbonyl (C=O) groups is 1. The molecule has 2 atom stereocenters. The van der Waals surface area contributed by atoms with Gasteiger partial charge in [-0.1, -0.05) is 61.2 Å². The molecule has 0 saturated carbocycles. The summed E-state index contributed by atoms with van der Waals surface area (Å²) in [6.07, 6.45) is -3.94. The zero-order chi connectivity index (χ0) is 21.3. The molecule has 2 heterocycles. The summed E-state index contributed by atoms with van der Waals surface area (Å²) in [5.41, 5.74) is 2.93. The van der Waals surface area contributed by atoms with E-state index in [1.807, 2.05) is 37.3 Å². The predicted molar refractivity (Wildman–Crippen MR) is 108 cm³/mol. The fourth-order valence-electron chi connectivity index (χ4n) is 3.28. The lowest BCUT2D eigenvalue weighted by atomic mass is 10.0. The van der Waals surface area contributed by atoms with Crippen LogP contribution in [-0.4, -0.2) is 26.0 Å². The fraction of sp³-hybridized carbons (Fsp3) is 0.250. The number of aromatic nitrogens is 3. The van der Waals surface area contributed by atoms with Crippen LogP contribution in [0.4, 0.5) is 18.9 Å². The number of rotatable bonds is 4. The van der Waals surface area contributed by atoms with Gasteiger partial charge in [-0.25, -0.2) is 4.68 Å². The summed E-state index contributed by atoms with van der Waals surface area (Å²) in [4.78, 5) is 13.1. The molecule has 0 unspecified atom stereocenters. The quantitative estimate of drug-likeness (QED) is 0.644. The van der Waals surface area contributed by atoms with Gasteiger partial charge < -0.3 is 10.7 Å². The van der Waals surface area contributed by atoms with E-state index in [1.165, 1.54) is 30.0 Å². The van der Waals surface area contributed by atoms with Crippen LogP contribution in [0.25, 0.3) is 0 Å². The molecule has 0 saturated heterocycles. The Labute approximate surface area is 174 Å². The highest BCUT2D eigenvalue weighted by Crippen LogP contribution is 2.39. The molecule has 2 aromatic carbocycles. The molecule has 0 fully saturated rings. The van der Waals surface area contributed by atoms with Gasteiger partial charge in [0, 0.05) is 6.42 Å². The van der Waals surface area contributed by atoms with Crippen molar-refractivity contribution in [2.75, 3.05) is 10.7 Å². The van der Waals surface area contributed by atoms with E-state index in [9.17, 15) is 18.0 Å². The predicted octanol–water partition coefficient (Wildman–Crippen LogP) is 4.26. The topological polar surface area (TPSA) is 71.8 Å². The van der Waals surface area contributed by atoms with Gasteiger partial charge in [-0.05, 0) is 17.7 Å². The fourth-order valence-corrected chi connectivity index (χ4v) is 4.38. The molecule has 0 bridgehead atoms. The van der Waals surface area contributed by atoms with Gasteiger partial charge in [0.1, 0.15) is 5.25 Å². The number of thioether (sulfide) groups is 1. The Morgan fingerprint density at radius 2 is 1.83 bits per heavy atom. The summed E-state index contributed by atoms with van der Waals surface area (Å²) in [5.74, 6) is 0.157. The Hall–Kier alpha value is -3.01. The molecule has 6 nitrogen and oxygen atoms in total. The normalized spacial score (nSPS) is 18.4. The van der Waals surface area contributed by atoms with Crippen LogP contribution in [0.5, 0.6) is 0 Å². The zero-order valence-corrected chi connectivity index (χ0v) is 16.7. The number of amides is 1. The second-order valence-corrected chi connectivity index (χ2v) is 7.78. The van der Waals surface area contributed by atoms with Crippen LogP contribution >= 0.6 is 11.8 Å². The van der Waals surface area contributed by atoms with Crippen molar-refractivity contribution < 1.29 is 18.0 Å². The first-order chi connectivity index (χ1) is 14.4. The summed E-state index contributed by atoms with van der Waals surface area (Å²) >= 11 is 1.17. The molecule has 10 heteroatoms. The molecule has 1 amide bonds. The lowest BCUT2D eigenvalue weighted by Crippen LogP contribution is -2.41. The molecule has 1 aromatic heterocycles. The van der Waals surface area contributed by atoms with Crippen LogP contribution in [-0.2, 0) is 17.4 Å². The first-order valence-electron chi connectivity index (χ1n) is 9.28. The van der Waals surface area contributed by atoms with E-state index in [2.05, 4.69) is 20.9 Å². The number of alkyl halides is 3. The number of para-hydroxylation sites is 1. The van der Waals surface area contributed by atoms with Crippen LogP contribution in [0.1, 0.15) is 29.9 Å². The standard InChI is InChI=1S/C20H18F3N5OS/c1-2-15-25-26-19-28(15)27-16(12-8-4-3-5-9-12)17(30-19)18(29)24-14-11-7-6-10-13(14)20(21,22)23/h3-11,16-17,27H,2H2,1H3,(H,24,29)/t16-,17-/m0/s1. The number of halogens is 3. The highest BCUT2D eigenvalue weighted by Gasteiger charge is 2.39. The summed E-state index contributed by atoms with van der Waals surface area (Å²) in [6.45, 7) is 1.94. The molecule has 1 aliphatic rings. The number of hydrogen-bond acceptors (Lipinski definition) is 5. The average molecular weight is 433 g/mol. The molecular weight excluding hydrogens is 415 g/mol. The first-order valence-corrected chi connectivity index (χ1v) is 10.2. The van der Waals surface area contributed by atoms with Gasteiger partial charge >= 0.3 is 6.18 Å². The lowest BCUT2D eigenvalue weighted by Gasteiger charge is -2.33. The monoisotopic (exact) mass is 433 g/mol. The maximum atomic E-state index is 13.3. The van der Waals surface area contributed by atoms with Gasteiger partial charge in [0.2, 0.25) is 11.1 Å². The highest BCUT2D eigenvalue weighted by molar-refractivity contribution is 8.00. The van der Waals surface area contributed by atoms with Crippen molar-refractivity contribution >= 4 is 23.4 Å². The molecule has 1 aliphatic heterocycles. The van der Waals surface area contributed by atoms with Crippen LogP contribution < -0.4 is 10.7 Å². The summed E-state index contributed by atoms with van der Waals surface area (Å²) < 4.78 is 41.7. The van der Waals surface area contributed by atoms with Crippen LogP contribution in [0.3, 0.4) is 0 Å². The van der Waals surface area contributed by atoms with Crippen LogP contribution in [0, 0.1) is 0 Å². The summed E-state index contributed by atoms with van der Waals surface area (Å²) in [7, 11) is 0. The minimum absolute atomic E-state index is 0.274. The maximum Gasteiger partial charge on any atom is 0.418 e. The Balaban J connectivity index is 1.68. The number of nitrogens with zero attached hydrogens (tertiary/aromatic N) is 3. The Bertz CT molecular complexity index is 1050. The van der Waals surface area contributed by atoms with Crippen molar-refractivity contribution in [3.63, 3.8) is 0 Å². The van der Waals surface area contributed by atoms with Crippen molar-refractivity contribution in [3.8, 4) is 0 Å². The minimum Gasteiger partial charge on any atom is -0.324 e. The molecule has 0 spiro atoms. The number of aryl methyl sites for hydroxylation is 1. The third-order valence-corrected chi connectivity index (χ3v) is 5.94. The SMILES string of the molecule is CCc1nnc2n1N[C@@H](c1ccccc1)[C@@H](C(=O)Nc1ccccc1C(F)(F)F)S2. The number of nitrogens with one attached hydrogen (secondary N) is 2. The molecule has 156 valence electrons. The van der Waals surface area contributed by atoms with Gasteiger partial charge in [0.05, 0.1) is 17.3 Å². The van der Waals surface area contributed by atoms with Gasteiger partial charge in [-0.15, -0.1) is 10.2 Å². The lowest BCUT2D eigenvalue weighted by molar-refractivity contribution is -0.137. The molecule has 4 rings (SSSR count). The highest BCUT2D eigenvalue weighted by atomic mass is 32.2. The Morgan fingerprint density at radius 3 is 2.53 bits per heavy atom. The molecule has 0 radical (unpaired) electrons.